The highest BCUT2D eigenvalue weighted by molar-refractivity contribution is 6.04. The molecule has 0 radical (unpaired) electrons. The third-order valence-electron chi connectivity index (χ3n) is 2.65. The predicted octanol–water partition coefficient (Wildman–Crippen LogP) is 2.10. The van der Waals surface area contributed by atoms with Gasteiger partial charge in [-0.25, -0.2) is 0 Å². The van der Waals surface area contributed by atoms with Crippen LogP contribution in [0.1, 0.15) is 21.6 Å². The van der Waals surface area contributed by atoms with E-state index in [1.807, 2.05) is 13.0 Å². The Kier molecular flexibility index (Phi) is 3.44. The quantitative estimate of drug-likeness (QED) is 0.856. The second-order valence-electron chi connectivity index (χ2n) is 4.04. The van der Waals surface area contributed by atoms with E-state index in [-0.39, 0.29) is 5.69 Å². The van der Waals surface area contributed by atoms with Gasteiger partial charge < -0.3 is 11.1 Å². The lowest BCUT2D eigenvalue weighted by molar-refractivity contribution is 0.102. The zero-order valence-corrected chi connectivity index (χ0v) is 10.3. The van der Waals surface area contributed by atoms with Crippen LogP contribution < -0.4 is 11.1 Å². The SMILES string of the molecule is Cc1cccc(NC(=O)c2cc(N)ccn2)c1C#N. The number of rotatable bonds is 2. The minimum atomic E-state index is -0.394. The van der Waals surface area contributed by atoms with Gasteiger partial charge in [-0.1, -0.05) is 12.1 Å². The fraction of sp³-hybridized carbons (Fsp3) is 0.0714. The summed E-state index contributed by atoms with van der Waals surface area (Å²) in [6, 6.07) is 10.4. The van der Waals surface area contributed by atoms with Crippen molar-refractivity contribution < 1.29 is 4.79 Å². The molecule has 5 heteroatoms. The number of nitrogen functional groups attached to an aromatic ring is 1. The molecule has 2 aromatic rings. The number of benzene rings is 1. The van der Waals surface area contributed by atoms with Gasteiger partial charge in [0.05, 0.1) is 11.3 Å². The number of carbonyl (C=O) groups excluding carboxylic acids is 1. The molecule has 0 aliphatic heterocycles. The Morgan fingerprint density at radius 1 is 1.42 bits per heavy atom. The third-order valence-corrected chi connectivity index (χ3v) is 2.65. The van der Waals surface area contributed by atoms with Gasteiger partial charge >= 0.3 is 0 Å². The van der Waals surface area contributed by atoms with E-state index in [4.69, 9.17) is 11.0 Å². The summed E-state index contributed by atoms with van der Waals surface area (Å²) in [4.78, 5) is 15.9. The predicted molar refractivity (Wildman–Crippen MR) is 72.5 cm³/mol. The lowest BCUT2D eigenvalue weighted by Gasteiger charge is -2.08. The molecule has 0 saturated carbocycles. The van der Waals surface area contributed by atoms with Crippen LogP contribution in [-0.4, -0.2) is 10.9 Å². The first-order valence-electron chi connectivity index (χ1n) is 5.64. The number of nitrogens with two attached hydrogens (primary N) is 1. The second kappa shape index (κ2) is 5.19. The first kappa shape index (κ1) is 12.6. The van der Waals surface area contributed by atoms with E-state index >= 15 is 0 Å². The first-order chi connectivity index (χ1) is 9.11. The molecule has 0 fully saturated rings. The second-order valence-corrected chi connectivity index (χ2v) is 4.04. The van der Waals surface area contributed by atoms with E-state index in [1.165, 1.54) is 12.3 Å². The van der Waals surface area contributed by atoms with E-state index in [0.29, 0.717) is 16.9 Å². The normalized spacial score (nSPS) is 9.68. The van der Waals surface area contributed by atoms with Gasteiger partial charge in [-0.05, 0) is 30.7 Å². The summed E-state index contributed by atoms with van der Waals surface area (Å²) in [7, 11) is 0. The van der Waals surface area contributed by atoms with Crippen LogP contribution in [0.3, 0.4) is 0 Å². The van der Waals surface area contributed by atoms with Crippen LogP contribution in [0.25, 0.3) is 0 Å². The van der Waals surface area contributed by atoms with Gasteiger partial charge in [-0.15, -0.1) is 0 Å². The molecule has 0 spiro atoms. The summed E-state index contributed by atoms with van der Waals surface area (Å²) < 4.78 is 0. The summed E-state index contributed by atoms with van der Waals surface area (Å²) in [5.74, 6) is -0.394. The van der Waals surface area contributed by atoms with Crippen LogP contribution in [0.5, 0.6) is 0 Å². The third kappa shape index (κ3) is 2.69. The standard InChI is InChI=1S/C14H12N4O/c1-9-3-2-4-12(11(9)8-15)18-14(19)13-7-10(16)5-6-17-13/h2-7H,1H3,(H2,16,17)(H,18,19). The molecule has 0 bridgehead atoms. The van der Waals surface area contributed by atoms with Crippen LogP contribution >= 0.6 is 0 Å². The number of nitriles is 1. The van der Waals surface area contributed by atoms with Crippen LogP contribution in [0, 0.1) is 18.3 Å². The molecule has 0 aliphatic carbocycles. The maximum atomic E-state index is 12.0. The number of aryl methyl sites for hydroxylation is 1. The van der Waals surface area contributed by atoms with Crippen LogP contribution in [0.2, 0.25) is 0 Å². The van der Waals surface area contributed by atoms with Crippen molar-refractivity contribution in [3.63, 3.8) is 0 Å². The molecule has 19 heavy (non-hydrogen) atoms. The Hall–Kier alpha value is -2.87. The number of hydrogen-bond acceptors (Lipinski definition) is 4. The summed E-state index contributed by atoms with van der Waals surface area (Å²) in [6.45, 7) is 1.81. The molecular weight excluding hydrogens is 240 g/mol. The van der Waals surface area contributed by atoms with Crippen molar-refractivity contribution in [2.45, 2.75) is 6.92 Å². The molecule has 1 aromatic carbocycles. The Morgan fingerprint density at radius 3 is 2.89 bits per heavy atom. The maximum Gasteiger partial charge on any atom is 0.274 e. The topological polar surface area (TPSA) is 91.8 Å². The van der Waals surface area contributed by atoms with Crippen LogP contribution in [0.15, 0.2) is 36.5 Å². The van der Waals surface area contributed by atoms with Crippen molar-refractivity contribution in [2.24, 2.45) is 0 Å². The highest BCUT2D eigenvalue weighted by Crippen LogP contribution is 2.19. The molecular formula is C14H12N4O. The van der Waals surface area contributed by atoms with Crippen molar-refractivity contribution in [3.05, 3.63) is 53.3 Å². The molecule has 1 amide bonds. The van der Waals surface area contributed by atoms with E-state index < -0.39 is 5.91 Å². The molecule has 94 valence electrons. The molecule has 1 aromatic heterocycles. The fourth-order valence-corrected chi connectivity index (χ4v) is 1.68. The van der Waals surface area contributed by atoms with Crippen molar-refractivity contribution in [2.75, 3.05) is 11.1 Å². The molecule has 5 nitrogen and oxygen atoms in total. The number of nitrogens with one attached hydrogen (secondary N) is 1. The summed E-state index contributed by atoms with van der Waals surface area (Å²) in [5, 5.41) is 11.8. The monoisotopic (exact) mass is 252 g/mol. The van der Waals surface area contributed by atoms with E-state index in [1.54, 1.807) is 18.2 Å². The smallest absolute Gasteiger partial charge is 0.274 e. The van der Waals surface area contributed by atoms with Gasteiger partial charge in [0, 0.05) is 11.9 Å². The van der Waals surface area contributed by atoms with Crippen molar-refractivity contribution in [1.29, 1.82) is 5.26 Å². The lowest BCUT2D eigenvalue weighted by atomic mass is 10.1. The molecule has 0 unspecified atom stereocenters. The van der Waals surface area contributed by atoms with Crippen molar-refractivity contribution in [1.82, 2.24) is 4.98 Å². The van der Waals surface area contributed by atoms with Crippen molar-refractivity contribution >= 4 is 17.3 Å². The number of hydrogen-bond donors (Lipinski definition) is 2. The molecule has 0 saturated heterocycles. The number of pyridine rings is 1. The van der Waals surface area contributed by atoms with Gasteiger partial charge in [0.1, 0.15) is 11.8 Å². The summed E-state index contributed by atoms with van der Waals surface area (Å²) in [6.07, 6.45) is 1.46. The number of carbonyl (C=O) groups is 1. The lowest BCUT2D eigenvalue weighted by Crippen LogP contribution is -2.15. The maximum absolute atomic E-state index is 12.0. The molecule has 0 atom stereocenters. The number of nitrogens with zero attached hydrogens (tertiary/aromatic N) is 2. The van der Waals surface area contributed by atoms with Gasteiger partial charge in [0.2, 0.25) is 0 Å². The fourth-order valence-electron chi connectivity index (χ4n) is 1.68. The van der Waals surface area contributed by atoms with E-state index in [2.05, 4.69) is 16.4 Å². The molecule has 0 aliphatic rings. The van der Waals surface area contributed by atoms with Gasteiger partial charge in [0.15, 0.2) is 0 Å². The van der Waals surface area contributed by atoms with Crippen LogP contribution in [-0.2, 0) is 0 Å². The van der Waals surface area contributed by atoms with E-state index in [9.17, 15) is 4.79 Å². The molecule has 1 heterocycles. The number of anilines is 2. The number of aromatic nitrogens is 1. The minimum absolute atomic E-state index is 0.213. The largest absolute Gasteiger partial charge is 0.399 e. The zero-order valence-electron chi connectivity index (χ0n) is 10.3. The minimum Gasteiger partial charge on any atom is -0.399 e. The Balaban J connectivity index is 2.30. The summed E-state index contributed by atoms with van der Waals surface area (Å²) in [5.41, 5.74) is 7.99. The highest BCUT2D eigenvalue weighted by atomic mass is 16.1. The molecule has 2 rings (SSSR count). The first-order valence-corrected chi connectivity index (χ1v) is 5.64. The van der Waals surface area contributed by atoms with Crippen molar-refractivity contribution in [3.8, 4) is 6.07 Å². The average molecular weight is 252 g/mol. The van der Waals surface area contributed by atoms with Gasteiger partial charge in [-0.2, -0.15) is 5.26 Å². The van der Waals surface area contributed by atoms with Crippen LogP contribution in [0.4, 0.5) is 11.4 Å². The Bertz CT molecular complexity index is 673. The average Bonchev–Trinajstić information content (AvgIpc) is 2.39. The van der Waals surface area contributed by atoms with E-state index in [0.717, 1.165) is 5.56 Å². The Morgan fingerprint density at radius 2 is 2.21 bits per heavy atom. The number of amides is 1. The van der Waals surface area contributed by atoms with Gasteiger partial charge in [0.25, 0.3) is 5.91 Å². The highest BCUT2D eigenvalue weighted by Gasteiger charge is 2.11. The summed E-state index contributed by atoms with van der Waals surface area (Å²) >= 11 is 0. The molecule has 3 N–H and O–H groups in total. The van der Waals surface area contributed by atoms with Gasteiger partial charge in [-0.3, -0.25) is 9.78 Å². The Labute approximate surface area is 110 Å². The zero-order chi connectivity index (χ0) is 13.8.